The summed E-state index contributed by atoms with van der Waals surface area (Å²) in [5.74, 6) is 0.123. The Labute approximate surface area is 153 Å². The Bertz CT molecular complexity index is 776. The number of nitrogens with one attached hydrogen (secondary N) is 1. The molecule has 1 aliphatic carbocycles. The summed E-state index contributed by atoms with van der Waals surface area (Å²) in [6, 6.07) is 16.6. The van der Waals surface area contributed by atoms with E-state index in [4.69, 9.17) is 4.74 Å². The molecule has 2 aliphatic rings. The molecule has 0 atom stereocenters. The number of carbonyl (C=O) groups is 2. The van der Waals surface area contributed by atoms with Crippen LogP contribution in [0.1, 0.15) is 29.9 Å². The molecule has 1 aliphatic heterocycles. The lowest BCUT2D eigenvalue weighted by Crippen LogP contribution is -2.42. The van der Waals surface area contributed by atoms with E-state index in [1.54, 1.807) is 4.90 Å². The second kappa shape index (κ2) is 7.20. The fraction of sp³-hybridized carbons (Fsp3) is 0.333. The van der Waals surface area contributed by atoms with Gasteiger partial charge in [0.25, 0.3) is 0 Å². The minimum Gasteiger partial charge on any atom is -0.448 e. The largest absolute Gasteiger partial charge is 0.448 e. The third kappa shape index (κ3) is 3.17. The smallest absolute Gasteiger partial charge is 0.409 e. The number of rotatable bonds is 2. The molecule has 2 aromatic rings. The molecule has 26 heavy (non-hydrogen) atoms. The lowest BCUT2D eigenvalue weighted by Gasteiger charge is -2.25. The maximum atomic E-state index is 12.5. The van der Waals surface area contributed by atoms with Crippen molar-refractivity contribution in [2.24, 2.45) is 0 Å². The monoisotopic (exact) mass is 350 g/mol. The summed E-state index contributed by atoms with van der Waals surface area (Å²) in [5.41, 5.74) is 4.86. The average molecular weight is 350 g/mol. The van der Waals surface area contributed by atoms with Crippen LogP contribution in [0.5, 0.6) is 0 Å². The first-order valence-corrected chi connectivity index (χ1v) is 9.10. The van der Waals surface area contributed by atoms with Gasteiger partial charge in [-0.1, -0.05) is 48.5 Å². The highest BCUT2D eigenvalue weighted by Crippen LogP contribution is 2.44. The highest BCUT2D eigenvalue weighted by Gasteiger charge is 2.29. The number of ether oxygens (including phenoxy) is 1. The molecule has 2 aromatic carbocycles. The molecule has 0 aromatic heterocycles. The summed E-state index contributed by atoms with van der Waals surface area (Å²) in [6.45, 7) is 1.85. The lowest BCUT2D eigenvalue weighted by molar-refractivity contribution is -0.121. The van der Waals surface area contributed by atoms with Crippen LogP contribution in [0, 0.1) is 0 Å². The predicted octanol–water partition coefficient (Wildman–Crippen LogP) is 3.15. The Hall–Kier alpha value is -2.82. The fourth-order valence-corrected chi connectivity index (χ4v) is 3.83. The number of fused-ring (bicyclic) bond motifs is 3. The second-order valence-corrected chi connectivity index (χ2v) is 6.74. The molecule has 0 saturated carbocycles. The molecule has 4 rings (SSSR count). The zero-order chi connectivity index (χ0) is 17.9. The molecule has 0 unspecified atom stereocenters. The van der Waals surface area contributed by atoms with Crippen LogP contribution in [0.4, 0.5) is 4.79 Å². The molecule has 2 amide bonds. The Morgan fingerprint density at radius 3 is 2.38 bits per heavy atom. The molecule has 5 heteroatoms. The number of benzene rings is 2. The molecule has 0 spiro atoms. The van der Waals surface area contributed by atoms with E-state index in [9.17, 15) is 9.59 Å². The first-order valence-electron chi connectivity index (χ1n) is 9.10. The van der Waals surface area contributed by atoms with Gasteiger partial charge < -0.3 is 15.0 Å². The number of carbonyl (C=O) groups excluding carboxylic acids is 2. The van der Waals surface area contributed by atoms with Gasteiger partial charge in [-0.25, -0.2) is 4.79 Å². The molecule has 1 N–H and O–H groups in total. The molecule has 1 fully saturated rings. The van der Waals surface area contributed by atoms with Crippen molar-refractivity contribution in [3.05, 3.63) is 59.7 Å². The van der Waals surface area contributed by atoms with E-state index in [0.29, 0.717) is 39.1 Å². The van der Waals surface area contributed by atoms with Crippen LogP contribution < -0.4 is 5.32 Å². The topological polar surface area (TPSA) is 58.6 Å². The molecule has 0 radical (unpaired) electrons. The average Bonchev–Trinajstić information content (AvgIpc) is 2.97. The van der Waals surface area contributed by atoms with Crippen molar-refractivity contribution in [2.45, 2.75) is 18.8 Å². The van der Waals surface area contributed by atoms with Crippen molar-refractivity contribution in [3.8, 4) is 11.1 Å². The van der Waals surface area contributed by atoms with Gasteiger partial charge in [0.1, 0.15) is 6.61 Å². The van der Waals surface area contributed by atoms with Crippen LogP contribution in [0.25, 0.3) is 11.1 Å². The van der Waals surface area contributed by atoms with E-state index in [2.05, 4.69) is 29.6 Å². The van der Waals surface area contributed by atoms with Crippen molar-refractivity contribution in [3.63, 3.8) is 0 Å². The number of nitrogens with zero attached hydrogens (tertiary/aromatic N) is 1. The van der Waals surface area contributed by atoms with Crippen molar-refractivity contribution < 1.29 is 14.3 Å². The van der Waals surface area contributed by atoms with E-state index in [1.807, 2.05) is 24.3 Å². The first kappa shape index (κ1) is 16.6. The van der Waals surface area contributed by atoms with E-state index in [0.717, 1.165) is 0 Å². The van der Waals surface area contributed by atoms with Crippen molar-refractivity contribution in [2.75, 3.05) is 26.2 Å². The van der Waals surface area contributed by atoms with Crippen molar-refractivity contribution in [1.29, 1.82) is 0 Å². The molecule has 0 bridgehead atoms. The fourth-order valence-electron chi connectivity index (χ4n) is 3.83. The second-order valence-electron chi connectivity index (χ2n) is 6.74. The number of hydrogen-bond acceptors (Lipinski definition) is 3. The van der Waals surface area contributed by atoms with Crippen LogP contribution in [-0.4, -0.2) is 43.1 Å². The summed E-state index contributed by atoms with van der Waals surface area (Å²) < 4.78 is 5.68. The van der Waals surface area contributed by atoms with E-state index >= 15 is 0 Å². The van der Waals surface area contributed by atoms with E-state index in [1.165, 1.54) is 22.3 Å². The summed E-state index contributed by atoms with van der Waals surface area (Å²) in [5, 5.41) is 2.80. The third-order valence-corrected chi connectivity index (χ3v) is 5.13. The first-order chi connectivity index (χ1) is 12.7. The maximum absolute atomic E-state index is 12.5. The molecule has 1 heterocycles. The summed E-state index contributed by atoms with van der Waals surface area (Å²) in [6.07, 6.45) is 0.812. The number of hydrogen-bond donors (Lipinski definition) is 1. The van der Waals surface area contributed by atoms with Gasteiger partial charge in [0, 0.05) is 32.0 Å². The van der Waals surface area contributed by atoms with Crippen molar-refractivity contribution in [1.82, 2.24) is 10.2 Å². The minimum atomic E-state index is -0.303. The van der Waals surface area contributed by atoms with Gasteiger partial charge in [-0.15, -0.1) is 0 Å². The Morgan fingerprint density at radius 1 is 1.04 bits per heavy atom. The molecule has 134 valence electrons. The highest BCUT2D eigenvalue weighted by molar-refractivity contribution is 5.79. The molecular formula is C21H22N2O3. The highest BCUT2D eigenvalue weighted by atomic mass is 16.6. The van der Waals surface area contributed by atoms with Crippen LogP contribution in [0.2, 0.25) is 0 Å². The quantitative estimate of drug-likeness (QED) is 0.905. The van der Waals surface area contributed by atoms with Gasteiger partial charge in [-0.2, -0.15) is 0 Å². The Kier molecular flexibility index (Phi) is 4.61. The predicted molar refractivity (Wildman–Crippen MR) is 98.9 cm³/mol. The third-order valence-electron chi connectivity index (χ3n) is 5.13. The van der Waals surface area contributed by atoms with Crippen LogP contribution in [-0.2, 0) is 9.53 Å². The lowest BCUT2D eigenvalue weighted by atomic mass is 9.98. The summed E-state index contributed by atoms with van der Waals surface area (Å²) >= 11 is 0. The van der Waals surface area contributed by atoms with Gasteiger partial charge in [0.05, 0.1) is 0 Å². The zero-order valence-electron chi connectivity index (χ0n) is 14.6. The SMILES string of the molecule is O=C1CCCN(C(=O)OCC2c3ccccc3-c3ccccc32)CCN1. The number of amides is 2. The van der Waals surface area contributed by atoms with Crippen LogP contribution >= 0.6 is 0 Å². The molecule has 5 nitrogen and oxygen atoms in total. The minimum absolute atomic E-state index is 0.0530. The summed E-state index contributed by atoms with van der Waals surface area (Å²) in [4.78, 5) is 25.6. The van der Waals surface area contributed by atoms with Gasteiger partial charge >= 0.3 is 6.09 Å². The van der Waals surface area contributed by atoms with Crippen molar-refractivity contribution >= 4 is 12.0 Å². The van der Waals surface area contributed by atoms with Gasteiger partial charge in [-0.05, 0) is 28.7 Å². The van der Waals surface area contributed by atoms with Gasteiger partial charge in [0.15, 0.2) is 0 Å². The van der Waals surface area contributed by atoms with Crippen LogP contribution in [0.3, 0.4) is 0 Å². The van der Waals surface area contributed by atoms with Gasteiger partial charge in [0.2, 0.25) is 5.91 Å². The molecular weight excluding hydrogens is 328 g/mol. The normalized spacial score (nSPS) is 16.9. The maximum Gasteiger partial charge on any atom is 0.409 e. The van der Waals surface area contributed by atoms with E-state index < -0.39 is 0 Å². The standard InChI is InChI=1S/C21H22N2O3/c24-20-10-5-12-23(13-11-22-20)21(25)26-14-19-17-8-3-1-6-15(17)16-7-2-4-9-18(16)19/h1-4,6-9,19H,5,10-14H2,(H,22,24). The zero-order valence-corrected chi connectivity index (χ0v) is 14.6. The van der Waals surface area contributed by atoms with Gasteiger partial charge in [-0.3, -0.25) is 4.79 Å². The summed E-state index contributed by atoms with van der Waals surface area (Å²) in [7, 11) is 0. The van der Waals surface area contributed by atoms with Crippen LogP contribution in [0.15, 0.2) is 48.5 Å². The molecule has 1 saturated heterocycles. The van der Waals surface area contributed by atoms with E-state index in [-0.39, 0.29) is 17.9 Å². The Morgan fingerprint density at radius 2 is 1.69 bits per heavy atom. The Balaban J connectivity index is 1.46.